The van der Waals surface area contributed by atoms with Crippen molar-refractivity contribution in [2.24, 2.45) is 0 Å². The number of hydrogen-bond donors (Lipinski definition) is 2. The SMILES string of the molecule is CCCCNc1sccc1C(=O)O. The van der Waals surface area contributed by atoms with Crippen molar-refractivity contribution in [1.29, 1.82) is 0 Å². The first-order chi connectivity index (χ1) is 6.25. The van der Waals surface area contributed by atoms with Gasteiger partial charge in [-0.3, -0.25) is 0 Å². The Hall–Kier alpha value is -1.03. The molecule has 0 saturated carbocycles. The number of carboxylic acids is 1. The number of hydrogen-bond acceptors (Lipinski definition) is 3. The van der Waals surface area contributed by atoms with Crippen molar-refractivity contribution in [2.45, 2.75) is 19.8 Å². The van der Waals surface area contributed by atoms with Crippen LogP contribution in [0.5, 0.6) is 0 Å². The van der Waals surface area contributed by atoms with E-state index in [2.05, 4.69) is 12.2 Å². The third-order valence-corrected chi connectivity index (χ3v) is 2.58. The summed E-state index contributed by atoms with van der Waals surface area (Å²) in [6.07, 6.45) is 2.18. The minimum Gasteiger partial charge on any atom is -0.478 e. The van der Waals surface area contributed by atoms with Crippen LogP contribution in [0.15, 0.2) is 11.4 Å². The normalized spacial score (nSPS) is 9.92. The Kier molecular flexibility index (Phi) is 3.76. The highest BCUT2D eigenvalue weighted by molar-refractivity contribution is 7.14. The first-order valence-electron chi connectivity index (χ1n) is 4.30. The Morgan fingerprint density at radius 3 is 3.08 bits per heavy atom. The van der Waals surface area contributed by atoms with Gasteiger partial charge in [-0.15, -0.1) is 11.3 Å². The van der Waals surface area contributed by atoms with Crippen molar-refractivity contribution < 1.29 is 9.90 Å². The smallest absolute Gasteiger partial charge is 0.338 e. The molecule has 72 valence electrons. The highest BCUT2D eigenvalue weighted by Crippen LogP contribution is 2.22. The topological polar surface area (TPSA) is 49.3 Å². The van der Waals surface area contributed by atoms with E-state index in [9.17, 15) is 4.79 Å². The molecule has 1 heterocycles. The third kappa shape index (κ3) is 2.73. The van der Waals surface area contributed by atoms with Crippen LogP contribution in [-0.2, 0) is 0 Å². The first-order valence-corrected chi connectivity index (χ1v) is 5.18. The fourth-order valence-electron chi connectivity index (χ4n) is 0.993. The van der Waals surface area contributed by atoms with E-state index in [1.807, 2.05) is 0 Å². The molecule has 2 N–H and O–H groups in total. The van der Waals surface area contributed by atoms with Crippen LogP contribution in [0, 0.1) is 0 Å². The number of nitrogens with one attached hydrogen (secondary N) is 1. The third-order valence-electron chi connectivity index (χ3n) is 1.71. The largest absolute Gasteiger partial charge is 0.478 e. The summed E-state index contributed by atoms with van der Waals surface area (Å²) in [6, 6.07) is 1.63. The minimum absolute atomic E-state index is 0.376. The Morgan fingerprint density at radius 2 is 2.46 bits per heavy atom. The van der Waals surface area contributed by atoms with Gasteiger partial charge in [-0.05, 0) is 17.9 Å². The average molecular weight is 199 g/mol. The lowest BCUT2D eigenvalue weighted by molar-refractivity contribution is 0.0698. The predicted molar refractivity (Wildman–Crippen MR) is 54.7 cm³/mol. The summed E-state index contributed by atoms with van der Waals surface area (Å²) >= 11 is 1.44. The Balaban J connectivity index is 2.55. The highest BCUT2D eigenvalue weighted by atomic mass is 32.1. The van der Waals surface area contributed by atoms with E-state index in [4.69, 9.17) is 5.11 Å². The maximum atomic E-state index is 10.7. The number of unbranched alkanes of at least 4 members (excludes halogenated alkanes) is 1. The van der Waals surface area contributed by atoms with Crippen molar-refractivity contribution in [3.63, 3.8) is 0 Å². The Bertz CT molecular complexity index is 283. The van der Waals surface area contributed by atoms with Gasteiger partial charge in [0.25, 0.3) is 0 Å². The van der Waals surface area contributed by atoms with E-state index in [1.165, 1.54) is 11.3 Å². The quantitative estimate of drug-likeness (QED) is 0.717. The maximum Gasteiger partial charge on any atom is 0.338 e. The summed E-state index contributed by atoms with van der Waals surface area (Å²) in [7, 11) is 0. The molecular formula is C9H13NO2S. The van der Waals surface area contributed by atoms with Gasteiger partial charge in [0.05, 0.1) is 5.56 Å². The lowest BCUT2D eigenvalue weighted by atomic mass is 10.3. The zero-order valence-electron chi connectivity index (χ0n) is 7.54. The summed E-state index contributed by atoms with van der Waals surface area (Å²) in [5, 5.41) is 14.4. The van der Waals surface area contributed by atoms with Crippen LogP contribution < -0.4 is 5.32 Å². The Labute approximate surface area is 81.4 Å². The van der Waals surface area contributed by atoms with Crippen LogP contribution >= 0.6 is 11.3 Å². The Morgan fingerprint density at radius 1 is 1.69 bits per heavy atom. The van der Waals surface area contributed by atoms with E-state index in [1.54, 1.807) is 11.4 Å². The molecule has 0 atom stereocenters. The molecule has 4 heteroatoms. The second-order valence-electron chi connectivity index (χ2n) is 2.75. The van der Waals surface area contributed by atoms with Gasteiger partial charge in [0.15, 0.2) is 0 Å². The van der Waals surface area contributed by atoms with Crippen LogP contribution in [0.1, 0.15) is 30.1 Å². The summed E-state index contributed by atoms with van der Waals surface area (Å²) in [4.78, 5) is 10.7. The number of carboxylic acid groups (broad SMARTS) is 1. The lowest BCUT2D eigenvalue weighted by Gasteiger charge is -2.02. The molecule has 0 unspecified atom stereocenters. The molecule has 0 fully saturated rings. The highest BCUT2D eigenvalue weighted by Gasteiger charge is 2.09. The van der Waals surface area contributed by atoms with Gasteiger partial charge in [0.2, 0.25) is 0 Å². The molecule has 13 heavy (non-hydrogen) atoms. The molecule has 0 saturated heterocycles. The number of anilines is 1. The van der Waals surface area contributed by atoms with Crippen LogP contribution in [0.3, 0.4) is 0 Å². The van der Waals surface area contributed by atoms with Gasteiger partial charge in [-0.1, -0.05) is 13.3 Å². The van der Waals surface area contributed by atoms with Gasteiger partial charge in [-0.25, -0.2) is 4.79 Å². The average Bonchev–Trinajstić information content (AvgIpc) is 2.53. The fourth-order valence-corrected chi connectivity index (χ4v) is 1.80. The van der Waals surface area contributed by atoms with Crippen molar-refractivity contribution in [3.05, 3.63) is 17.0 Å². The van der Waals surface area contributed by atoms with Gasteiger partial charge >= 0.3 is 5.97 Å². The van der Waals surface area contributed by atoms with E-state index in [-0.39, 0.29) is 0 Å². The number of rotatable bonds is 5. The molecule has 0 amide bonds. The van der Waals surface area contributed by atoms with E-state index in [0.29, 0.717) is 5.56 Å². The zero-order valence-corrected chi connectivity index (χ0v) is 8.36. The van der Waals surface area contributed by atoms with Crippen molar-refractivity contribution >= 4 is 22.3 Å². The number of carbonyl (C=O) groups is 1. The van der Waals surface area contributed by atoms with Gasteiger partial charge < -0.3 is 10.4 Å². The molecule has 1 aromatic heterocycles. The molecule has 0 aliphatic heterocycles. The monoisotopic (exact) mass is 199 g/mol. The van der Waals surface area contributed by atoms with Gasteiger partial charge in [-0.2, -0.15) is 0 Å². The number of thiophene rings is 1. The molecule has 0 aliphatic carbocycles. The summed E-state index contributed by atoms with van der Waals surface area (Å²) in [5.41, 5.74) is 0.376. The van der Waals surface area contributed by atoms with Crippen molar-refractivity contribution in [1.82, 2.24) is 0 Å². The number of aromatic carboxylic acids is 1. The van der Waals surface area contributed by atoms with Crippen molar-refractivity contribution in [3.8, 4) is 0 Å². The molecule has 3 nitrogen and oxygen atoms in total. The van der Waals surface area contributed by atoms with Crippen LogP contribution in [-0.4, -0.2) is 17.6 Å². The minimum atomic E-state index is -0.861. The molecule has 1 aromatic rings. The van der Waals surface area contributed by atoms with Gasteiger partial charge in [0, 0.05) is 6.54 Å². The molecule has 0 spiro atoms. The van der Waals surface area contributed by atoms with Crippen LogP contribution in [0.25, 0.3) is 0 Å². The molecule has 0 bridgehead atoms. The second-order valence-corrected chi connectivity index (χ2v) is 3.66. The molecule has 1 rings (SSSR count). The zero-order chi connectivity index (χ0) is 9.68. The summed E-state index contributed by atoms with van der Waals surface area (Å²) < 4.78 is 0. The van der Waals surface area contributed by atoms with E-state index in [0.717, 1.165) is 24.4 Å². The van der Waals surface area contributed by atoms with Crippen molar-refractivity contribution in [2.75, 3.05) is 11.9 Å². The second kappa shape index (κ2) is 4.87. The van der Waals surface area contributed by atoms with E-state index >= 15 is 0 Å². The standard InChI is InChI=1S/C9H13NO2S/c1-2-3-5-10-8-7(9(11)12)4-6-13-8/h4,6,10H,2-3,5H2,1H3,(H,11,12). The maximum absolute atomic E-state index is 10.7. The summed E-state index contributed by atoms with van der Waals surface area (Å²) in [5.74, 6) is -0.861. The lowest BCUT2D eigenvalue weighted by Crippen LogP contribution is -2.04. The fraction of sp³-hybridized carbons (Fsp3) is 0.444. The van der Waals surface area contributed by atoms with Crippen LogP contribution in [0.2, 0.25) is 0 Å². The summed E-state index contributed by atoms with van der Waals surface area (Å²) in [6.45, 7) is 2.95. The van der Waals surface area contributed by atoms with E-state index < -0.39 is 5.97 Å². The molecule has 0 radical (unpaired) electrons. The van der Waals surface area contributed by atoms with Gasteiger partial charge in [0.1, 0.15) is 5.00 Å². The molecule has 0 aliphatic rings. The molecule has 0 aromatic carbocycles. The predicted octanol–water partition coefficient (Wildman–Crippen LogP) is 2.66. The van der Waals surface area contributed by atoms with Crippen LogP contribution in [0.4, 0.5) is 5.00 Å². The molecular weight excluding hydrogens is 186 g/mol. The first kappa shape index (κ1) is 10.1.